The Morgan fingerprint density at radius 1 is 0.824 bits per heavy atom. The van der Waals surface area contributed by atoms with Gasteiger partial charge in [-0.25, -0.2) is 0 Å². The summed E-state index contributed by atoms with van der Waals surface area (Å²) >= 11 is 0. The largest absolute Gasteiger partial charge is 0.318 e. The minimum Gasteiger partial charge on any atom is -0.318 e. The fraction of sp³-hybridized carbons (Fsp3) is 0.0667. The zero-order valence-corrected chi connectivity index (χ0v) is 11.5. The summed E-state index contributed by atoms with van der Waals surface area (Å²) in [6, 6.07) is 20.9. The van der Waals surface area contributed by atoms with E-state index in [1.807, 2.05) is 12.1 Å². The summed E-state index contributed by atoms with van der Waals surface area (Å²) in [6.07, 6.45) is 2.19. The minimum absolute atomic E-state index is 0.0608. The molecule has 0 saturated carbocycles. The minimum atomic E-state index is -0.0608. The molecule has 2 rings (SSSR count). The Bertz CT molecular complexity index is 425. The highest BCUT2D eigenvalue weighted by atomic mass is 28.2. The number of hydrogen-bond acceptors (Lipinski definition) is 1. The zero-order chi connectivity index (χ0) is 11.9. The van der Waals surface area contributed by atoms with Crippen molar-refractivity contribution in [2.24, 2.45) is 0 Å². The van der Waals surface area contributed by atoms with Crippen LogP contribution in [0.25, 0.3) is 0 Å². The maximum atomic E-state index is 2.31. The molecular weight excluding hydrogens is 222 g/mol. The van der Waals surface area contributed by atoms with Gasteiger partial charge in [-0.1, -0.05) is 48.6 Å². The van der Waals surface area contributed by atoms with Gasteiger partial charge in [-0.15, -0.1) is 0 Å². The van der Waals surface area contributed by atoms with Gasteiger partial charge in [-0.2, -0.15) is 0 Å². The van der Waals surface area contributed by atoms with Gasteiger partial charge in [0.1, 0.15) is 0 Å². The fourth-order valence-corrected chi connectivity index (χ4v) is 2.13. The Morgan fingerprint density at radius 2 is 1.29 bits per heavy atom. The van der Waals surface area contributed by atoms with Gasteiger partial charge in [0.2, 0.25) is 0 Å². The van der Waals surface area contributed by atoms with E-state index >= 15 is 0 Å². The van der Waals surface area contributed by atoms with E-state index in [4.69, 9.17) is 0 Å². The SMILES string of the molecule is C[SiH2]C=CN(c1ccccc1)c1ccccc1. The van der Waals surface area contributed by atoms with E-state index < -0.39 is 0 Å². The molecule has 0 amide bonds. The van der Waals surface area contributed by atoms with Crippen LogP contribution < -0.4 is 4.90 Å². The topological polar surface area (TPSA) is 3.24 Å². The second-order valence-corrected chi connectivity index (χ2v) is 5.12. The number of hydrogen-bond donors (Lipinski definition) is 0. The van der Waals surface area contributed by atoms with Crippen molar-refractivity contribution in [3.05, 3.63) is 72.6 Å². The fourth-order valence-electron chi connectivity index (χ4n) is 1.71. The van der Waals surface area contributed by atoms with Gasteiger partial charge in [-0.05, 0) is 24.3 Å². The third-order valence-corrected chi connectivity index (χ3v) is 3.24. The van der Waals surface area contributed by atoms with Crippen molar-refractivity contribution in [3.63, 3.8) is 0 Å². The Hall–Kier alpha value is -1.80. The van der Waals surface area contributed by atoms with Gasteiger partial charge in [-0.3, -0.25) is 0 Å². The van der Waals surface area contributed by atoms with Gasteiger partial charge in [0, 0.05) is 27.1 Å². The molecule has 0 saturated heterocycles. The molecule has 0 bridgehead atoms. The lowest BCUT2D eigenvalue weighted by Crippen LogP contribution is -2.08. The van der Waals surface area contributed by atoms with E-state index in [0.717, 1.165) is 0 Å². The van der Waals surface area contributed by atoms with Gasteiger partial charge in [0.15, 0.2) is 0 Å². The Morgan fingerprint density at radius 3 is 1.71 bits per heavy atom. The Balaban J connectivity index is 2.36. The summed E-state index contributed by atoms with van der Waals surface area (Å²) in [5.74, 6) is 0. The van der Waals surface area contributed by atoms with Crippen LogP contribution in [0, 0.1) is 0 Å². The van der Waals surface area contributed by atoms with Crippen molar-refractivity contribution < 1.29 is 0 Å². The van der Waals surface area contributed by atoms with Gasteiger partial charge in [0.05, 0.1) is 0 Å². The molecule has 17 heavy (non-hydrogen) atoms. The molecular formula is C15H17NSi. The van der Waals surface area contributed by atoms with Crippen molar-refractivity contribution in [1.29, 1.82) is 0 Å². The molecule has 0 N–H and O–H groups in total. The number of benzene rings is 2. The Kier molecular flexibility index (Phi) is 4.16. The van der Waals surface area contributed by atoms with Crippen molar-refractivity contribution in [3.8, 4) is 0 Å². The summed E-state index contributed by atoms with van der Waals surface area (Å²) in [4.78, 5) is 2.23. The molecule has 0 aromatic heterocycles. The summed E-state index contributed by atoms with van der Waals surface area (Å²) in [6.45, 7) is 2.28. The predicted molar refractivity (Wildman–Crippen MR) is 78.6 cm³/mol. The molecule has 0 unspecified atom stereocenters. The van der Waals surface area contributed by atoms with Gasteiger partial charge in [0.25, 0.3) is 0 Å². The lowest BCUT2D eigenvalue weighted by atomic mass is 10.2. The lowest BCUT2D eigenvalue weighted by Gasteiger charge is -2.20. The van der Waals surface area contributed by atoms with Crippen LogP contribution in [0.3, 0.4) is 0 Å². The normalized spacial score (nSPS) is 11.4. The second-order valence-electron chi connectivity index (χ2n) is 3.83. The van der Waals surface area contributed by atoms with Crippen LogP contribution >= 0.6 is 0 Å². The van der Waals surface area contributed by atoms with E-state index in [2.05, 4.69) is 71.9 Å². The summed E-state index contributed by atoms with van der Waals surface area (Å²) in [5.41, 5.74) is 4.72. The highest BCUT2D eigenvalue weighted by Gasteiger charge is 2.03. The van der Waals surface area contributed by atoms with E-state index in [-0.39, 0.29) is 9.52 Å². The van der Waals surface area contributed by atoms with Crippen LogP contribution in [0.2, 0.25) is 6.55 Å². The van der Waals surface area contributed by atoms with Crippen LogP contribution in [0.15, 0.2) is 72.6 Å². The van der Waals surface area contributed by atoms with Crippen LogP contribution in [-0.2, 0) is 0 Å². The molecule has 0 aliphatic rings. The van der Waals surface area contributed by atoms with Gasteiger partial charge < -0.3 is 4.90 Å². The van der Waals surface area contributed by atoms with Crippen molar-refractivity contribution in [1.82, 2.24) is 0 Å². The molecule has 0 aliphatic carbocycles. The molecule has 0 atom stereocenters. The van der Waals surface area contributed by atoms with Crippen LogP contribution in [0.4, 0.5) is 11.4 Å². The van der Waals surface area contributed by atoms with E-state index in [1.165, 1.54) is 11.4 Å². The molecule has 86 valence electrons. The summed E-state index contributed by atoms with van der Waals surface area (Å²) < 4.78 is 0. The number of para-hydroxylation sites is 2. The Labute approximate surface area is 105 Å². The first-order valence-electron chi connectivity index (χ1n) is 5.98. The van der Waals surface area contributed by atoms with Crippen molar-refractivity contribution in [2.75, 3.05) is 4.90 Å². The monoisotopic (exact) mass is 239 g/mol. The first-order valence-corrected chi connectivity index (χ1v) is 8.21. The highest BCUT2D eigenvalue weighted by Crippen LogP contribution is 2.24. The first-order chi connectivity index (χ1) is 8.42. The number of nitrogens with zero attached hydrogens (tertiary/aromatic N) is 1. The molecule has 1 nitrogen and oxygen atoms in total. The lowest BCUT2D eigenvalue weighted by molar-refractivity contribution is 1.29. The first kappa shape index (κ1) is 11.7. The zero-order valence-electron chi connectivity index (χ0n) is 10.1. The molecule has 2 aromatic rings. The van der Waals surface area contributed by atoms with E-state index in [9.17, 15) is 0 Å². The second kappa shape index (κ2) is 6.06. The number of rotatable bonds is 4. The predicted octanol–water partition coefficient (Wildman–Crippen LogP) is 3.51. The molecule has 0 radical (unpaired) electrons. The molecule has 0 fully saturated rings. The van der Waals surface area contributed by atoms with Crippen molar-refractivity contribution >= 4 is 20.9 Å². The van der Waals surface area contributed by atoms with Crippen LogP contribution in [0.5, 0.6) is 0 Å². The number of anilines is 2. The third kappa shape index (κ3) is 3.08. The average Bonchev–Trinajstić information content (AvgIpc) is 2.42. The molecule has 0 spiro atoms. The smallest absolute Gasteiger partial charge is 0.0455 e. The van der Waals surface area contributed by atoms with E-state index in [1.54, 1.807) is 0 Å². The standard InChI is InChI=1S/C15H17NSi/c1-17-13-12-16(14-8-4-2-5-9-14)15-10-6-3-7-11-15/h2-13H,17H2,1H3. The van der Waals surface area contributed by atoms with Crippen LogP contribution in [0.1, 0.15) is 0 Å². The van der Waals surface area contributed by atoms with Gasteiger partial charge >= 0.3 is 0 Å². The quantitative estimate of drug-likeness (QED) is 0.738. The van der Waals surface area contributed by atoms with Crippen molar-refractivity contribution in [2.45, 2.75) is 6.55 Å². The third-order valence-electron chi connectivity index (χ3n) is 2.56. The summed E-state index contributed by atoms with van der Waals surface area (Å²) in [7, 11) is -0.0608. The highest BCUT2D eigenvalue weighted by molar-refractivity contribution is 6.40. The van der Waals surface area contributed by atoms with Crippen LogP contribution in [-0.4, -0.2) is 9.52 Å². The molecule has 0 heterocycles. The summed E-state index contributed by atoms with van der Waals surface area (Å²) in [5, 5.41) is 0. The molecule has 2 heteroatoms. The average molecular weight is 239 g/mol. The molecule has 0 aliphatic heterocycles. The van der Waals surface area contributed by atoms with E-state index in [0.29, 0.717) is 0 Å². The molecule has 2 aromatic carbocycles. The maximum Gasteiger partial charge on any atom is 0.0455 e. The maximum absolute atomic E-state index is 2.31.